The van der Waals surface area contributed by atoms with Crippen molar-refractivity contribution in [1.29, 1.82) is 0 Å². The van der Waals surface area contributed by atoms with Crippen molar-refractivity contribution in [1.82, 2.24) is 10.2 Å². The molecule has 0 radical (unpaired) electrons. The summed E-state index contributed by atoms with van der Waals surface area (Å²) in [7, 11) is 0. The zero-order chi connectivity index (χ0) is 15.4. The Labute approximate surface area is 124 Å². The van der Waals surface area contributed by atoms with Crippen molar-refractivity contribution in [3.05, 3.63) is 35.4 Å². The van der Waals surface area contributed by atoms with Gasteiger partial charge in [-0.05, 0) is 51.3 Å². The molecule has 3 nitrogen and oxygen atoms in total. The molecule has 1 atom stereocenters. The number of halogens is 2. The first-order chi connectivity index (χ1) is 9.97. The van der Waals surface area contributed by atoms with Crippen molar-refractivity contribution >= 4 is 5.91 Å². The molecule has 21 heavy (non-hydrogen) atoms. The molecule has 0 spiro atoms. The van der Waals surface area contributed by atoms with Gasteiger partial charge in [-0.3, -0.25) is 4.79 Å². The van der Waals surface area contributed by atoms with Crippen LogP contribution >= 0.6 is 0 Å². The summed E-state index contributed by atoms with van der Waals surface area (Å²) < 4.78 is 26.4. The van der Waals surface area contributed by atoms with Crippen molar-refractivity contribution in [2.75, 3.05) is 19.6 Å². The fourth-order valence-electron chi connectivity index (χ4n) is 2.74. The van der Waals surface area contributed by atoms with Crippen LogP contribution in [-0.2, 0) is 0 Å². The number of amides is 1. The lowest BCUT2D eigenvalue weighted by Gasteiger charge is -2.35. The van der Waals surface area contributed by atoms with Crippen molar-refractivity contribution < 1.29 is 13.6 Å². The molecular weight excluding hydrogens is 274 g/mol. The lowest BCUT2D eigenvalue weighted by molar-refractivity contribution is 0.0918. The lowest BCUT2D eigenvalue weighted by atomic mass is 9.97. The van der Waals surface area contributed by atoms with Gasteiger partial charge in [-0.15, -0.1) is 0 Å². The number of hydrogen-bond donors (Lipinski definition) is 1. The molecule has 1 N–H and O–H groups in total. The Morgan fingerprint density at radius 2 is 2.19 bits per heavy atom. The van der Waals surface area contributed by atoms with Crippen LogP contribution in [0.5, 0.6) is 0 Å². The summed E-state index contributed by atoms with van der Waals surface area (Å²) in [6, 6.07) is 3.51. The summed E-state index contributed by atoms with van der Waals surface area (Å²) in [5, 5.41) is 2.76. The van der Waals surface area contributed by atoms with Gasteiger partial charge in [-0.1, -0.05) is 0 Å². The van der Waals surface area contributed by atoms with Gasteiger partial charge in [0.05, 0.1) is 5.56 Å². The molecule has 5 heteroatoms. The van der Waals surface area contributed by atoms with Gasteiger partial charge in [0.2, 0.25) is 0 Å². The fourth-order valence-corrected chi connectivity index (χ4v) is 2.74. The first-order valence-electron chi connectivity index (χ1n) is 7.44. The highest BCUT2D eigenvalue weighted by atomic mass is 19.1. The highest BCUT2D eigenvalue weighted by molar-refractivity contribution is 5.94. The molecule has 1 aromatic carbocycles. The molecule has 1 aromatic rings. The highest BCUT2D eigenvalue weighted by Crippen LogP contribution is 2.18. The van der Waals surface area contributed by atoms with E-state index in [0.717, 1.165) is 38.1 Å². The van der Waals surface area contributed by atoms with Gasteiger partial charge in [-0.2, -0.15) is 0 Å². The van der Waals surface area contributed by atoms with Crippen molar-refractivity contribution in [3.8, 4) is 0 Å². The lowest BCUT2D eigenvalue weighted by Crippen LogP contribution is -2.43. The third-order valence-corrected chi connectivity index (χ3v) is 4.01. The standard InChI is InChI=1S/C16H22F2N2O/c1-11(2)20-7-3-4-12(10-20)9-19-16(21)14-6-5-13(17)8-15(14)18/h5-6,8,11-12H,3-4,7,9-10H2,1-2H3,(H,19,21). The molecule has 0 saturated carbocycles. The Kier molecular flexibility index (Phi) is 5.28. The molecule has 0 aliphatic carbocycles. The van der Waals surface area contributed by atoms with Crippen LogP contribution in [0.1, 0.15) is 37.0 Å². The van der Waals surface area contributed by atoms with Gasteiger partial charge in [0.1, 0.15) is 11.6 Å². The van der Waals surface area contributed by atoms with Crippen molar-refractivity contribution in [2.45, 2.75) is 32.7 Å². The molecule has 1 unspecified atom stereocenters. The van der Waals surface area contributed by atoms with Crippen molar-refractivity contribution in [2.24, 2.45) is 5.92 Å². The Morgan fingerprint density at radius 3 is 2.86 bits per heavy atom. The molecular formula is C16H22F2N2O. The van der Waals surface area contributed by atoms with Gasteiger partial charge in [0.25, 0.3) is 5.91 Å². The molecule has 1 amide bonds. The zero-order valence-electron chi connectivity index (χ0n) is 12.5. The SMILES string of the molecule is CC(C)N1CCCC(CNC(=O)c2ccc(F)cc2F)C1. The Balaban J connectivity index is 1.89. The van der Waals surface area contributed by atoms with Crippen LogP contribution in [0.3, 0.4) is 0 Å². The Hall–Kier alpha value is -1.49. The predicted molar refractivity (Wildman–Crippen MR) is 78.1 cm³/mol. The molecule has 1 aliphatic heterocycles. The molecule has 1 saturated heterocycles. The number of nitrogens with zero attached hydrogens (tertiary/aromatic N) is 1. The van der Waals surface area contributed by atoms with Gasteiger partial charge >= 0.3 is 0 Å². The van der Waals surface area contributed by atoms with E-state index in [-0.39, 0.29) is 5.56 Å². The molecule has 1 fully saturated rings. The number of nitrogens with one attached hydrogen (secondary N) is 1. The number of hydrogen-bond acceptors (Lipinski definition) is 2. The van der Waals surface area contributed by atoms with Gasteiger partial charge in [0, 0.05) is 25.2 Å². The summed E-state index contributed by atoms with van der Waals surface area (Å²) >= 11 is 0. The highest BCUT2D eigenvalue weighted by Gasteiger charge is 2.22. The second kappa shape index (κ2) is 6.98. The molecule has 2 rings (SSSR count). The van der Waals surface area contributed by atoms with Crippen molar-refractivity contribution in [3.63, 3.8) is 0 Å². The van der Waals surface area contributed by atoms with Crippen LogP contribution in [0.25, 0.3) is 0 Å². The van der Waals surface area contributed by atoms with E-state index in [1.54, 1.807) is 0 Å². The summed E-state index contributed by atoms with van der Waals surface area (Å²) in [6.07, 6.45) is 2.18. The zero-order valence-corrected chi connectivity index (χ0v) is 12.5. The van der Waals surface area contributed by atoms with Gasteiger partial charge in [0.15, 0.2) is 0 Å². The molecule has 1 heterocycles. The van der Waals surface area contributed by atoms with E-state index < -0.39 is 17.5 Å². The van der Waals surface area contributed by atoms with E-state index >= 15 is 0 Å². The summed E-state index contributed by atoms with van der Waals surface area (Å²) in [6.45, 7) is 6.89. The Morgan fingerprint density at radius 1 is 1.43 bits per heavy atom. The minimum absolute atomic E-state index is 0.104. The maximum Gasteiger partial charge on any atom is 0.254 e. The molecule has 0 aromatic heterocycles. The second-order valence-electron chi connectivity index (χ2n) is 5.93. The third-order valence-electron chi connectivity index (χ3n) is 4.01. The van der Waals surface area contributed by atoms with Crippen LogP contribution in [0.2, 0.25) is 0 Å². The second-order valence-corrected chi connectivity index (χ2v) is 5.93. The number of benzene rings is 1. The minimum Gasteiger partial charge on any atom is -0.352 e. The van der Waals surface area contributed by atoms with E-state index in [9.17, 15) is 13.6 Å². The van der Waals surface area contributed by atoms with E-state index in [0.29, 0.717) is 18.5 Å². The van der Waals surface area contributed by atoms with E-state index in [1.165, 1.54) is 6.07 Å². The minimum atomic E-state index is -0.819. The smallest absolute Gasteiger partial charge is 0.254 e. The van der Waals surface area contributed by atoms with E-state index in [1.807, 2.05) is 0 Å². The molecule has 1 aliphatic rings. The third kappa shape index (κ3) is 4.24. The van der Waals surface area contributed by atoms with Crippen LogP contribution in [0.15, 0.2) is 18.2 Å². The maximum atomic E-state index is 13.5. The molecule has 0 bridgehead atoms. The van der Waals surface area contributed by atoms with Crippen LogP contribution in [-0.4, -0.2) is 36.5 Å². The first kappa shape index (κ1) is 15.9. The maximum absolute atomic E-state index is 13.5. The summed E-state index contributed by atoms with van der Waals surface area (Å²) in [5.74, 6) is -1.59. The van der Waals surface area contributed by atoms with E-state index in [2.05, 4.69) is 24.1 Å². The van der Waals surface area contributed by atoms with Crippen LogP contribution < -0.4 is 5.32 Å². The van der Waals surface area contributed by atoms with Crippen LogP contribution in [0, 0.1) is 17.6 Å². The fraction of sp³-hybridized carbons (Fsp3) is 0.562. The predicted octanol–water partition coefficient (Wildman–Crippen LogP) is 2.82. The number of likely N-dealkylation sites (tertiary alicyclic amines) is 1. The summed E-state index contributed by atoms with van der Waals surface area (Å²) in [4.78, 5) is 14.3. The number of carbonyl (C=O) groups excluding carboxylic acids is 1. The number of carbonyl (C=O) groups is 1. The average Bonchev–Trinajstić information content (AvgIpc) is 2.45. The monoisotopic (exact) mass is 296 g/mol. The van der Waals surface area contributed by atoms with E-state index in [4.69, 9.17) is 0 Å². The van der Waals surface area contributed by atoms with Gasteiger partial charge in [-0.25, -0.2) is 8.78 Å². The number of piperidine rings is 1. The first-order valence-corrected chi connectivity index (χ1v) is 7.44. The van der Waals surface area contributed by atoms with Crippen LogP contribution in [0.4, 0.5) is 8.78 Å². The topological polar surface area (TPSA) is 32.3 Å². The largest absolute Gasteiger partial charge is 0.352 e. The van der Waals surface area contributed by atoms with Gasteiger partial charge < -0.3 is 10.2 Å². The quantitative estimate of drug-likeness (QED) is 0.926. The normalized spacial score (nSPS) is 19.8. The number of rotatable bonds is 4. The molecule has 116 valence electrons. The average molecular weight is 296 g/mol. The Bertz CT molecular complexity index is 505. The summed E-state index contributed by atoms with van der Waals surface area (Å²) in [5.41, 5.74) is -0.104.